The highest BCUT2D eigenvalue weighted by molar-refractivity contribution is 6.03. The van der Waals surface area contributed by atoms with Gasteiger partial charge in [0.2, 0.25) is 0 Å². The zero-order valence-electron chi connectivity index (χ0n) is 10.3. The first-order chi connectivity index (χ1) is 9.25. The number of hydrogen-bond donors (Lipinski definition) is 1. The van der Waals surface area contributed by atoms with Crippen molar-refractivity contribution in [1.82, 2.24) is 14.4 Å². The van der Waals surface area contributed by atoms with Gasteiger partial charge in [0.1, 0.15) is 16.8 Å². The fourth-order valence-electron chi connectivity index (χ4n) is 2.57. The van der Waals surface area contributed by atoms with Gasteiger partial charge in [0.25, 0.3) is 5.56 Å². The Hall–Kier alpha value is -2.62. The topological polar surface area (TPSA) is 50.2 Å². The number of fused-ring (bicyclic) bond motifs is 5. The van der Waals surface area contributed by atoms with Crippen LogP contribution >= 0.6 is 0 Å². The fraction of sp³-hybridized carbons (Fsp3) is 0.0667. The maximum atomic E-state index is 12.1. The van der Waals surface area contributed by atoms with Crippen LogP contribution < -0.4 is 5.56 Å². The minimum atomic E-state index is -0.0774. The summed E-state index contributed by atoms with van der Waals surface area (Å²) in [6, 6.07) is 11.5. The molecule has 0 radical (unpaired) electrons. The molecule has 1 aromatic carbocycles. The second kappa shape index (κ2) is 3.45. The number of imidazole rings is 1. The fourth-order valence-corrected chi connectivity index (χ4v) is 2.57. The summed E-state index contributed by atoms with van der Waals surface area (Å²) in [6.07, 6.45) is 1.92. The lowest BCUT2D eigenvalue weighted by Gasteiger charge is -1.99. The third-order valence-electron chi connectivity index (χ3n) is 3.50. The van der Waals surface area contributed by atoms with E-state index in [4.69, 9.17) is 0 Å². The Balaban J connectivity index is 2.39. The Morgan fingerprint density at radius 1 is 1.11 bits per heavy atom. The molecule has 0 aliphatic heterocycles. The molecule has 4 rings (SSSR count). The van der Waals surface area contributed by atoms with Crippen molar-refractivity contribution in [2.24, 2.45) is 0 Å². The number of aromatic nitrogens is 3. The Morgan fingerprint density at radius 2 is 1.89 bits per heavy atom. The number of aryl methyl sites for hydroxylation is 1. The van der Waals surface area contributed by atoms with Crippen molar-refractivity contribution in [3.05, 3.63) is 58.5 Å². The molecule has 4 heteroatoms. The van der Waals surface area contributed by atoms with Gasteiger partial charge in [0, 0.05) is 17.0 Å². The average Bonchev–Trinajstić information content (AvgIpc) is 2.80. The quantitative estimate of drug-likeness (QED) is 0.521. The Labute approximate surface area is 108 Å². The number of pyridine rings is 2. The highest BCUT2D eigenvalue weighted by Crippen LogP contribution is 2.22. The first kappa shape index (κ1) is 10.3. The number of hydrogen-bond acceptors (Lipinski definition) is 2. The molecule has 3 heterocycles. The number of nitrogens with zero attached hydrogens (tertiary/aromatic N) is 2. The molecule has 0 fully saturated rings. The van der Waals surface area contributed by atoms with Crippen LogP contribution in [0.5, 0.6) is 0 Å². The van der Waals surface area contributed by atoms with Crippen LogP contribution in [0.15, 0.2) is 47.4 Å². The van der Waals surface area contributed by atoms with Gasteiger partial charge in [0.05, 0.1) is 0 Å². The van der Waals surface area contributed by atoms with E-state index in [0.29, 0.717) is 5.39 Å². The van der Waals surface area contributed by atoms with Crippen molar-refractivity contribution < 1.29 is 0 Å². The van der Waals surface area contributed by atoms with Crippen LogP contribution in [0.4, 0.5) is 0 Å². The van der Waals surface area contributed by atoms with Crippen molar-refractivity contribution in [1.29, 1.82) is 0 Å². The van der Waals surface area contributed by atoms with Crippen molar-refractivity contribution in [2.75, 3.05) is 0 Å². The predicted octanol–water partition coefficient (Wildman–Crippen LogP) is 2.64. The van der Waals surface area contributed by atoms with E-state index < -0.39 is 0 Å². The second-order valence-electron chi connectivity index (χ2n) is 4.69. The van der Waals surface area contributed by atoms with E-state index in [-0.39, 0.29) is 5.56 Å². The summed E-state index contributed by atoms with van der Waals surface area (Å²) in [7, 11) is 0. The Kier molecular flexibility index (Phi) is 1.87. The number of H-pyrrole nitrogens is 1. The van der Waals surface area contributed by atoms with Gasteiger partial charge in [0.15, 0.2) is 0 Å². The second-order valence-corrected chi connectivity index (χ2v) is 4.69. The average molecular weight is 249 g/mol. The summed E-state index contributed by atoms with van der Waals surface area (Å²) in [5.41, 5.74) is 3.48. The molecule has 0 bridgehead atoms. The van der Waals surface area contributed by atoms with Gasteiger partial charge in [-0.3, -0.25) is 9.20 Å². The molecule has 19 heavy (non-hydrogen) atoms. The van der Waals surface area contributed by atoms with E-state index in [1.165, 1.54) is 0 Å². The van der Waals surface area contributed by atoms with E-state index >= 15 is 0 Å². The van der Waals surface area contributed by atoms with Gasteiger partial charge in [-0.15, -0.1) is 0 Å². The number of nitrogens with one attached hydrogen (secondary N) is 1. The highest BCUT2D eigenvalue weighted by Gasteiger charge is 2.11. The Bertz CT molecular complexity index is 995. The molecule has 1 N–H and O–H groups in total. The van der Waals surface area contributed by atoms with Gasteiger partial charge < -0.3 is 4.98 Å². The molecule has 3 aromatic heterocycles. The molecule has 0 unspecified atom stereocenters. The predicted molar refractivity (Wildman–Crippen MR) is 75.6 cm³/mol. The summed E-state index contributed by atoms with van der Waals surface area (Å²) < 4.78 is 1.93. The van der Waals surface area contributed by atoms with Gasteiger partial charge in [-0.1, -0.05) is 24.3 Å². The molecule has 92 valence electrons. The van der Waals surface area contributed by atoms with Crippen molar-refractivity contribution in [3.63, 3.8) is 0 Å². The minimum Gasteiger partial charge on any atom is -0.306 e. The summed E-state index contributed by atoms with van der Waals surface area (Å²) in [4.78, 5) is 19.7. The molecule has 0 saturated heterocycles. The molecular formula is C15H11N3O. The maximum absolute atomic E-state index is 12.1. The van der Waals surface area contributed by atoms with Crippen LogP contribution in [-0.2, 0) is 0 Å². The molecule has 0 aliphatic carbocycles. The minimum absolute atomic E-state index is 0.0774. The lowest BCUT2D eigenvalue weighted by molar-refractivity contribution is 1.15. The van der Waals surface area contributed by atoms with Gasteiger partial charge in [-0.25, -0.2) is 4.98 Å². The molecule has 4 aromatic rings. The summed E-state index contributed by atoms with van der Waals surface area (Å²) in [6.45, 7) is 2.02. The summed E-state index contributed by atoms with van der Waals surface area (Å²) in [5, 5.41) is 1.57. The summed E-state index contributed by atoms with van der Waals surface area (Å²) >= 11 is 0. The maximum Gasteiger partial charge on any atom is 0.257 e. The van der Waals surface area contributed by atoms with E-state index in [1.54, 1.807) is 0 Å². The van der Waals surface area contributed by atoms with E-state index in [0.717, 1.165) is 27.8 Å². The SMILES string of the molecule is Cc1cccn2c1nc1c3ccccc3c(=O)[nH]c12. The molecule has 0 atom stereocenters. The van der Waals surface area contributed by atoms with Gasteiger partial charge in [-0.05, 0) is 24.6 Å². The van der Waals surface area contributed by atoms with Crippen molar-refractivity contribution in [2.45, 2.75) is 6.92 Å². The van der Waals surface area contributed by atoms with Crippen molar-refractivity contribution >= 4 is 27.6 Å². The Morgan fingerprint density at radius 3 is 2.74 bits per heavy atom. The first-order valence-electron chi connectivity index (χ1n) is 6.14. The van der Waals surface area contributed by atoms with E-state index in [1.807, 2.05) is 53.9 Å². The third-order valence-corrected chi connectivity index (χ3v) is 3.50. The molecule has 0 spiro atoms. The monoisotopic (exact) mass is 249 g/mol. The first-order valence-corrected chi connectivity index (χ1v) is 6.14. The molecule has 0 saturated carbocycles. The summed E-state index contributed by atoms with van der Waals surface area (Å²) in [5.74, 6) is 0. The van der Waals surface area contributed by atoms with E-state index in [9.17, 15) is 4.79 Å². The van der Waals surface area contributed by atoms with Gasteiger partial charge in [-0.2, -0.15) is 0 Å². The lowest BCUT2D eigenvalue weighted by Crippen LogP contribution is -2.06. The van der Waals surface area contributed by atoms with Crippen LogP contribution in [0, 0.1) is 6.92 Å². The normalized spacial score (nSPS) is 11.6. The van der Waals surface area contributed by atoms with Gasteiger partial charge >= 0.3 is 0 Å². The largest absolute Gasteiger partial charge is 0.306 e. The standard InChI is InChI=1S/C15H11N3O/c1-9-5-4-8-18-13(9)16-12-10-6-2-3-7-11(10)15(19)17-14(12)18/h2-8H,1H3,(H,17,19). The van der Waals surface area contributed by atoms with Crippen LogP contribution in [0.25, 0.3) is 27.6 Å². The lowest BCUT2D eigenvalue weighted by atomic mass is 10.1. The molecular weight excluding hydrogens is 238 g/mol. The highest BCUT2D eigenvalue weighted by atomic mass is 16.1. The third kappa shape index (κ3) is 1.28. The van der Waals surface area contributed by atoms with Crippen LogP contribution in [-0.4, -0.2) is 14.4 Å². The number of benzene rings is 1. The van der Waals surface area contributed by atoms with E-state index in [2.05, 4.69) is 9.97 Å². The van der Waals surface area contributed by atoms with Crippen molar-refractivity contribution in [3.8, 4) is 0 Å². The van der Waals surface area contributed by atoms with Crippen LogP contribution in [0.1, 0.15) is 5.56 Å². The number of rotatable bonds is 0. The zero-order valence-corrected chi connectivity index (χ0v) is 10.3. The number of aromatic amines is 1. The van der Waals surface area contributed by atoms with Crippen LogP contribution in [0.3, 0.4) is 0 Å². The smallest absolute Gasteiger partial charge is 0.257 e. The molecule has 4 nitrogen and oxygen atoms in total. The molecule has 0 aliphatic rings. The van der Waals surface area contributed by atoms with Crippen LogP contribution in [0.2, 0.25) is 0 Å². The zero-order chi connectivity index (χ0) is 13.0. The molecule has 0 amide bonds.